The molecule has 15 heavy (non-hydrogen) atoms. The zero-order chi connectivity index (χ0) is 11.3. The molecule has 0 aromatic carbocycles. The molecule has 0 bridgehead atoms. The third-order valence-corrected chi connectivity index (χ3v) is 2.87. The van der Waals surface area contributed by atoms with E-state index in [0.717, 1.165) is 32.2 Å². The Hall–Kier alpha value is -0.610. The highest BCUT2D eigenvalue weighted by atomic mass is 16.5. The number of hydrogen-bond acceptors (Lipinski definition) is 3. The summed E-state index contributed by atoms with van der Waals surface area (Å²) in [6.07, 6.45) is 3.72. The summed E-state index contributed by atoms with van der Waals surface area (Å²) in [5, 5.41) is 0. The average molecular weight is 214 g/mol. The van der Waals surface area contributed by atoms with Gasteiger partial charge in [-0.05, 0) is 19.3 Å². The van der Waals surface area contributed by atoms with Crippen LogP contribution in [0.15, 0.2) is 0 Å². The fraction of sp³-hybridized carbons (Fsp3) is 0.909. The maximum absolute atomic E-state index is 11.9. The van der Waals surface area contributed by atoms with Gasteiger partial charge in [0.15, 0.2) is 0 Å². The molecular weight excluding hydrogens is 192 g/mol. The van der Waals surface area contributed by atoms with Crippen LogP contribution < -0.4 is 5.73 Å². The zero-order valence-corrected chi connectivity index (χ0v) is 9.74. The minimum absolute atomic E-state index is 0.0820. The number of unbranched alkanes of at least 4 members (excludes halogenated alkanes) is 1. The van der Waals surface area contributed by atoms with Crippen LogP contribution in [0.1, 0.15) is 32.6 Å². The molecule has 0 saturated carbocycles. The van der Waals surface area contributed by atoms with Crippen molar-refractivity contribution >= 4 is 5.91 Å². The lowest BCUT2D eigenvalue weighted by Gasteiger charge is -2.20. The van der Waals surface area contributed by atoms with Crippen LogP contribution in [-0.2, 0) is 9.53 Å². The lowest BCUT2D eigenvalue weighted by molar-refractivity contribution is -0.141. The summed E-state index contributed by atoms with van der Waals surface area (Å²) in [4.78, 5) is 13.6. The molecule has 1 amide bonds. The first-order valence-electron chi connectivity index (χ1n) is 5.79. The number of nitrogens with zero attached hydrogens (tertiary/aromatic N) is 1. The van der Waals surface area contributed by atoms with Crippen molar-refractivity contribution in [3.63, 3.8) is 0 Å². The molecule has 1 saturated heterocycles. The molecular formula is C11H22N2O2. The van der Waals surface area contributed by atoms with Crippen molar-refractivity contribution in [1.29, 1.82) is 0 Å². The van der Waals surface area contributed by atoms with E-state index in [0.29, 0.717) is 6.54 Å². The molecule has 1 heterocycles. The number of amides is 1. The molecule has 2 atom stereocenters. The van der Waals surface area contributed by atoms with Gasteiger partial charge >= 0.3 is 0 Å². The van der Waals surface area contributed by atoms with Crippen LogP contribution in [0.2, 0.25) is 0 Å². The van der Waals surface area contributed by atoms with Crippen molar-refractivity contribution in [3.05, 3.63) is 0 Å². The molecule has 1 fully saturated rings. The van der Waals surface area contributed by atoms with Crippen LogP contribution in [0, 0.1) is 0 Å². The predicted octanol–water partition coefficient (Wildman–Crippen LogP) is 0.751. The summed E-state index contributed by atoms with van der Waals surface area (Å²) in [5.41, 5.74) is 5.50. The molecule has 0 aromatic heterocycles. The highest BCUT2D eigenvalue weighted by molar-refractivity contribution is 5.80. The molecule has 0 aliphatic carbocycles. The van der Waals surface area contributed by atoms with Crippen LogP contribution >= 0.6 is 0 Å². The van der Waals surface area contributed by atoms with Crippen LogP contribution in [0.25, 0.3) is 0 Å². The van der Waals surface area contributed by atoms with E-state index in [2.05, 4.69) is 6.92 Å². The quantitative estimate of drug-likeness (QED) is 0.735. The van der Waals surface area contributed by atoms with Gasteiger partial charge in [-0.15, -0.1) is 0 Å². The summed E-state index contributed by atoms with van der Waals surface area (Å²) >= 11 is 0. The third-order valence-electron chi connectivity index (χ3n) is 2.87. The molecule has 1 aliphatic heterocycles. The van der Waals surface area contributed by atoms with Gasteiger partial charge in [-0.3, -0.25) is 4.79 Å². The Morgan fingerprint density at radius 1 is 1.53 bits per heavy atom. The Balaban J connectivity index is 2.33. The Morgan fingerprint density at radius 2 is 2.27 bits per heavy atom. The van der Waals surface area contributed by atoms with Gasteiger partial charge in [0.05, 0.1) is 6.10 Å². The van der Waals surface area contributed by atoms with Gasteiger partial charge in [0, 0.05) is 20.1 Å². The molecule has 0 aromatic rings. The molecule has 4 nitrogen and oxygen atoms in total. The van der Waals surface area contributed by atoms with Gasteiger partial charge < -0.3 is 15.4 Å². The van der Waals surface area contributed by atoms with Crippen molar-refractivity contribution in [2.75, 3.05) is 20.1 Å². The second kappa shape index (κ2) is 6.08. The normalized spacial score (nSPS) is 25.5. The standard InChI is InChI=1S/C11H22N2O2/c1-3-4-7-13(2)11(14)10-6-5-9(8-12)15-10/h9-10H,3-8,12H2,1-2H3/t9-,10+/m1/s1. The van der Waals surface area contributed by atoms with Crippen molar-refractivity contribution in [2.24, 2.45) is 5.73 Å². The molecule has 0 spiro atoms. The van der Waals surface area contributed by atoms with Crippen molar-refractivity contribution < 1.29 is 9.53 Å². The fourth-order valence-corrected chi connectivity index (χ4v) is 1.81. The number of likely N-dealkylation sites (N-methyl/N-ethyl adjacent to an activating group) is 1. The Morgan fingerprint density at radius 3 is 2.80 bits per heavy atom. The summed E-state index contributed by atoms with van der Waals surface area (Å²) in [6.45, 7) is 3.46. The molecule has 1 rings (SSSR count). The maximum atomic E-state index is 11.9. The average Bonchev–Trinajstić information content (AvgIpc) is 2.73. The van der Waals surface area contributed by atoms with Gasteiger partial charge in [-0.25, -0.2) is 0 Å². The lowest BCUT2D eigenvalue weighted by Crippen LogP contribution is -2.37. The minimum Gasteiger partial charge on any atom is -0.364 e. The molecule has 1 aliphatic rings. The Bertz CT molecular complexity index is 209. The first-order chi connectivity index (χ1) is 7.19. The van der Waals surface area contributed by atoms with Gasteiger partial charge in [0.2, 0.25) is 0 Å². The molecule has 2 N–H and O–H groups in total. The van der Waals surface area contributed by atoms with E-state index >= 15 is 0 Å². The van der Waals surface area contributed by atoms with E-state index < -0.39 is 0 Å². The van der Waals surface area contributed by atoms with Gasteiger partial charge in [-0.2, -0.15) is 0 Å². The van der Waals surface area contributed by atoms with E-state index in [1.807, 2.05) is 7.05 Å². The number of rotatable bonds is 5. The van der Waals surface area contributed by atoms with E-state index in [4.69, 9.17) is 10.5 Å². The number of carbonyl (C=O) groups is 1. The number of carbonyl (C=O) groups excluding carboxylic acids is 1. The molecule has 0 radical (unpaired) electrons. The highest BCUT2D eigenvalue weighted by Gasteiger charge is 2.31. The monoisotopic (exact) mass is 214 g/mol. The zero-order valence-electron chi connectivity index (χ0n) is 9.74. The number of nitrogens with two attached hydrogens (primary N) is 1. The summed E-state index contributed by atoms with van der Waals surface area (Å²) in [7, 11) is 1.84. The lowest BCUT2D eigenvalue weighted by atomic mass is 10.2. The van der Waals surface area contributed by atoms with E-state index in [1.54, 1.807) is 4.90 Å². The SMILES string of the molecule is CCCCN(C)C(=O)[C@@H]1CC[C@H](CN)O1. The van der Waals surface area contributed by atoms with E-state index in [1.165, 1.54) is 0 Å². The predicted molar refractivity (Wildman–Crippen MR) is 59.5 cm³/mol. The Labute approximate surface area is 91.8 Å². The Kier molecular flexibility index (Phi) is 5.05. The first-order valence-corrected chi connectivity index (χ1v) is 5.79. The van der Waals surface area contributed by atoms with Crippen LogP contribution in [0.5, 0.6) is 0 Å². The summed E-state index contributed by atoms with van der Waals surface area (Å²) in [6, 6.07) is 0. The van der Waals surface area contributed by atoms with E-state index in [9.17, 15) is 4.79 Å². The summed E-state index contributed by atoms with van der Waals surface area (Å²) < 4.78 is 5.56. The van der Waals surface area contributed by atoms with Crippen LogP contribution in [0.4, 0.5) is 0 Å². The molecule has 88 valence electrons. The highest BCUT2D eigenvalue weighted by Crippen LogP contribution is 2.20. The molecule has 0 unspecified atom stereocenters. The first kappa shape index (κ1) is 12.5. The van der Waals surface area contributed by atoms with Crippen molar-refractivity contribution in [3.8, 4) is 0 Å². The van der Waals surface area contributed by atoms with Gasteiger partial charge in [0.1, 0.15) is 6.10 Å². The fourth-order valence-electron chi connectivity index (χ4n) is 1.81. The van der Waals surface area contributed by atoms with Crippen LogP contribution in [0.3, 0.4) is 0 Å². The third kappa shape index (κ3) is 3.47. The largest absolute Gasteiger partial charge is 0.364 e. The summed E-state index contributed by atoms with van der Waals surface area (Å²) in [5.74, 6) is 0.111. The van der Waals surface area contributed by atoms with E-state index in [-0.39, 0.29) is 18.1 Å². The minimum atomic E-state index is -0.250. The van der Waals surface area contributed by atoms with Crippen molar-refractivity contribution in [1.82, 2.24) is 4.90 Å². The number of ether oxygens (including phenoxy) is 1. The maximum Gasteiger partial charge on any atom is 0.251 e. The van der Waals surface area contributed by atoms with Crippen molar-refractivity contribution in [2.45, 2.75) is 44.8 Å². The number of hydrogen-bond donors (Lipinski definition) is 1. The second-order valence-electron chi connectivity index (χ2n) is 4.17. The topological polar surface area (TPSA) is 55.6 Å². The van der Waals surface area contributed by atoms with Crippen LogP contribution in [-0.4, -0.2) is 43.2 Å². The smallest absolute Gasteiger partial charge is 0.251 e. The molecule has 4 heteroatoms. The van der Waals surface area contributed by atoms with Gasteiger partial charge in [-0.1, -0.05) is 13.3 Å². The van der Waals surface area contributed by atoms with Gasteiger partial charge in [0.25, 0.3) is 5.91 Å². The second-order valence-corrected chi connectivity index (χ2v) is 4.17.